The fourth-order valence-electron chi connectivity index (χ4n) is 2.62. The number of nitrogens with two attached hydrogens (primary N) is 1. The zero-order valence-corrected chi connectivity index (χ0v) is 16.0. The van der Waals surface area contributed by atoms with Crippen LogP contribution in [0, 0.1) is 0 Å². The molecule has 0 saturated heterocycles. The Morgan fingerprint density at radius 1 is 1.11 bits per heavy atom. The lowest BCUT2D eigenvalue weighted by molar-refractivity contribution is -0.137. The van der Waals surface area contributed by atoms with Crippen LogP contribution in [-0.4, -0.2) is 29.0 Å². The molecule has 11 heteroatoms. The molecule has 1 aliphatic heterocycles. The molecule has 0 radical (unpaired) electrons. The van der Waals surface area contributed by atoms with Crippen molar-refractivity contribution < 1.29 is 13.2 Å². The van der Waals surface area contributed by atoms with Crippen molar-refractivity contribution in [3.05, 3.63) is 34.5 Å². The number of nitrogens with zero attached hydrogens (tertiary/aromatic N) is 3. The summed E-state index contributed by atoms with van der Waals surface area (Å²) in [6.07, 6.45) is -3.43. The smallest absolute Gasteiger partial charge is 0.398 e. The van der Waals surface area contributed by atoms with E-state index >= 15 is 0 Å². The van der Waals surface area contributed by atoms with Gasteiger partial charge < -0.3 is 16.4 Å². The first kappa shape index (κ1) is 18.7. The molecule has 0 saturated carbocycles. The molecule has 28 heavy (non-hydrogen) atoms. The third-order valence-corrected chi connectivity index (χ3v) is 5.64. The van der Waals surface area contributed by atoms with Gasteiger partial charge in [-0.1, -0.05) is 0 Å². The van der Waals surface area contributed by atoms with E-state index in [1.54, 1.807) is 0 Å². The Morgan fingerprint density at radius 2 is 1.89 bits per heavy atom. The van der Waals surface area contributed by atoms with E-state index in [1.807, 2.05) is 10.8 Å². The number of aromatic nitrogens is 2. The van der Waals surface area contributed by atoms with Gasteiger partial charge in [0.05, 0.1) is 5.56 Å². The summed E-state index contributed by atoms with van der Waals surface area (Å²) < 4.78 is 38.4. The molecule has 0 amide bonds. The lowest BCUT2D eigenvalue weighted by atomic mass is 10.1. The maximum Gasteiger partial charge on any atom is 0.416 e. The van der Waals surface area contributed by atoms with E-state index < -0.39 is 11.7 Å². The second kappa shape index (κ2) is 7.40. The maximum absolute atomic E-state index is 12.8. The Kier molecular flexibility index (Phi) is 4.94. The second-order valence-corrected chi connectivity index (χ2v) is 7.73. The molecule has 1 aliphatic rings. The van der Waals surface area contributed by atoms with Gasteiger partial charge in [-0.25, -0.2) is 9.97 Å². The number of hydrogen-bond acceptors (Lipinski definition) is 8. The van der Waals surface area contributed by atoms with Crippen LogP contribution in [0.5, 0.6) is 0 Å². The van der Waals surface area contributed by atoms with Crippen LogP contribution < -0.4 is 16.4 Å². The molecule has 4 rings (SSSR count). The quantitative estimate of drug-likeness (QED) is 0.546. The van der Waals surface area contributed by atoms with Gasteiger partial charge in [-0.2, -0.15) is 13.2 Å². The number of anilines is 2. The number of halogens is 3. The van der Waals surface area contributed by atoms with Gasteiger partial charge in [0.15, 0.2) is 11.1 Å². The van der Waals surface area contributed by atoms with E-state index in [1.165, 1.54) is 28.7 Å². The van der Waals surface area contributed by atoms with Crippen molar-refractivity contribution in [3.63, 3.8) is 0 Å². The van der Waals surface area contributed by atoms with E-state index in [0.717, 1.165) is 31.6 Å². The van der Waals surface area contributed by atoms with Crippen molar-refractivity contribution in [2.45, 2.75) is 12.6 Å². The topological polar surface area (TPSA) is 88.2 Å². The molecule has 4 N–H and O–H groups in total. The van der Waals surface area contributed by atoms with E-state index in [0.29, 0.717) is 33.1 Å². The highest BCUT2D eigenvalue weighted by atomic mass is 32.1. The second-order valence-electron chi connectivity index (χ2n) is 6.01. The van der Waals surface area contributed by atoms with Crippen molar-refractivity contribution in [1.82, 2.24) is 15.3 Å². The number of aliphatic imine (C=N–C) groups is 1. The lowest BCUT2D eigenvalue weighted by Crippen LogP contribution is -2.35. The highest BCUT2D eigenvalue weighted by Crippen LogP contribution is 2.37. The minimum atomic E-state index is -4.43. The Labute approximate surface area is 166 Å². The summed E-state index contributed by atoms with van der Waals surface area (Å²) in [5.41, 5.74) is 6.88. The molecule has 6 nitrogen and oxygen atoms in total. The monoisotopic (exact) mass is 424 g/mol. The van der Waals surface area contributed by atoms with Crippen LogP contribution >= 0.6 is 22.7 Å². The average Bonchev–Trinajstić information content (AvgIpc) is 3.31. The number of guanidine groups is 1. The van der Waals surface area contributed by atoms with Crippen LogP contribution in [-0.2, 0) is 6.18 Å². The largest absolute Gasteiger partial charge is 0.416 e. The first-order valence-corrected chi connectivity index (χ1v) is 10.1. The summed E-state index contributed by atoms with van der Waals surface area (Å²) in [6, 6.07) is 3.29. The lowest BCUT2D eigenvalue weighted by Gasteiger charge is -2.13. The van der Waals surface area contributed by atoms with Crippen LogP contribution in [0.25, 0.3) is 22.0 Å². The highest BCUT2D eigenvalue weighted by molar-refractivity contribution is 7.14. The molecule has 0 spiro atoms. The maximum atomic E-state index is 12.8. The first-order chi connectivity index (χ1) is 13.4. The van der Waals surface area contributed by atoms with Crippen molar-refractivity contribution >= 4 is 39.5 Å². The average molecular weight is 424 g/mol. The van der Waals surface area contributed by atoms with Gasteiger partial charge in [-0.3, -0.25) is 4.99 Å². The summed E-state index contributed by atoms with van der Waals surface area (Å²) in [7, 11) is 0. The summed E-state index contributed by atoms with van der Waals surface area (Å²) in [6.45, 7) is 1.64. The predicted molar refractivity (Wildman–Crippen MR) is 107 cm³/mol. The van der Waals surface area contributed by atoms with Gasteiger partial charge in [0, 0.05) is 35.1 Å². The summed E-state index contributed by atoms with van der Waals surface area (Å²) in [5, 5.41) is 11.2. The minimum Gasteiger partial charge on any atom is -0.398 e. The molecule has 0 aliphatic carbocycles. The van der Waals surface area contributed by atoms with E-state index in [-0.39, 0.29) is 5.69 Å². The molecular weight excluding hydrogens is 409 g/mol. The van der Waals surface area contributed by atoms with Crippen LogP contribution in [0.4, 0.5) is 24.0 Å². The van der Waals surface area contributed by atoms with Crippen LogP contribution in [0.15, 0.2) is 34.0 Å². The first-order valence-electron chi connectivity index (χ1n) is 8.34. The van der Waals surface area contributed by atoms with Gasteiger partial charge in [0.1, 0.15) is 16.4 Å². The number of thiazole rings is 2. The molecule has 146 valence electrons. The summed E-state index contributed by atoms with van der Waals surface area (Å²) in [4.78, 5) is 13.3. The van der Waals surface area contributed by atoms with Gasteiger partial charge >= 0.3 is 6.18 Å². The Balaban J connectivity index is 1.54. The molecule has 0 unspecified atom stereocenters. The van der Waals surface area contributed by atoms with Gasteiger partial charge in [-0.05, 0) is 24.6 Å². The molecule has 2 aromatic heterocycles. The molecular formula is C17H15F3N6S2. The number of benzene rings is 1. The molecule has 3 heterocycles. The van der Waals surface area contributed by atoms with E-state index in [4.69, 9.17) is 5.73 Å². The van der Waals surface area contributed by atoms with Gasteiger partial charge in [0.25, 0.3) is 0 Å². The fraction of sp³-hybridized carbons (Fsp3) is 0.235. The Morgan fingerprint density at radius 3 is 2.61 bits per heavy atom. The standard InChI is InChI=1S/C17H15F3N6S2/c18-17(19,20)9-2-3-10(11(21)6-9)14-24-12(7-27-14)13-8-28-16(25-13)26-15-22-4-1-5-23-15/h2-3,6-8H,1,4-5,21H2,(H2,22,23,25,26). The third-order valence-electron chi connectivity index (χ3n) is 4.00. The summed E-state index contributed by atoms with van der Waals surface area (Å²) >= 11 is 2.73. The van der Waals surface area contributed by atoms with Crippen molar-refractivity contribution in [2.75, 3.05) is 24.1 Å². The highest BCUT2D eigenvalue weighted by Gasteiger charge is 2.31. The zero-order chi connectivity index (χ0) is 19.7. The van der Waals surface area contributed by atoms with Crippen LogP contribution in [0.3, 0.4) is 0 Å². The normalized spacial score (nSPS) is 14.5. The number of rotatable bonds is 3. The van der Waals surface area contributed by atoms with E-state index in [2.05, 4.69) is 25.6 Å². The number of nitrogens with one attached hydrogen (secondary N) is 2. The van der Waals surface area contributed by atoms with Crippen molar-refractivity contribution in [2.24, 2.45) is 4.99 Å². The Bertz CT molecular complexity index is 1020. The molecule has 3 aromatic rings. The number of hydrogen-bond donors (Lipinski definition) is 3. The van der Waals surface area contributed by atoms with Crippen molar-refractivity contribution in [3.8, 4) is 22.0 Å². The van der Waals surface area contributed by atoms with Gasteiger partial charge in [-0.15, -0.1) is 22.7 Å². The Hall–Kier alpha value is -2.66. The third kappa shape index (κ3) is 3.94. The molecule has 1 aromatic carbocycles. The van der Waals surface area contributed by atoms with Gasteiger partial charge in [0.2, 0.25) is 0 Å². The molecule has 0 bridgehead atoms. The summed E-state index contributed by atoms with van der Waals surface area (Å²) in [5.74, 6) is 0.698. The molecule has 0 fully saturated rings. The number of alkyl halides is 3. The zero-order valence-electron chi connectivity index (χ0n) is 14.4. The SMILES string of the molecule is Nc1cc(C(F)(F)F)ccc1-c1nc(-c2csc(NC3=NCCCN3)n2)cs1. The fourth-order valence-corrected chi connectivity index (χ4v) is 4.18. The van der Waals surface area contributed by atoms with E-state index in [9.17, 15) is 13.2 Å². The number of nitrogen functional groups attached to an aromatic ring is 1. The minimum absolute atomic E-state index is 0.0396. The van der Waals surface area contributed by atoms with Crippen molar-refractivity contribution in [1.29, 1.82) is 0 Å². The molecule has 0 atom stereocenters. The van der Waals surface area contributed by atoms with Crippen LogP contribution in [0.2, 0.25) is 0 Å². The van der Waals surface area contributed by atoms with Crippen LogP contribution in [0.1, 0.15) is 12.0 Å². The predicted octanol–water partition coefficient (Wildman–Crippen LogP) is 4.30.